The first kappa shape index (κ1) is 9.88. The fourth-order valence-electron chi connectivity index (χ4n) is 0.771. The quantitative estimate of drug-likeness (QED) is 0.545. The zero-order valence-electron chi connectivity index (χ0n) is 6.89. The van der Waals surface area contributed by atoms with Crippen LogP contribution in [0.1, 0.15) is 13.8 Å². The summed E-state index contributed by atoms with van der Waals surface area (Å²) in [4.78, 5) is 0. The van der Waals surface area contributed by atoms with Gasteiger partial charge in [-0.2, -0.15) is 0 Å². The van der Waals surface area contributed by atoms with Crippen LogP contribution in [-0.2, 0) is 4.74 Å². The summed E-state index contributed by atoms with van der Waals surface area (Å²) in [5, 5.41) is 3.18. The molecule has 1 aliphatic heterocycles. The molecule has 3 heteroatoms. The zero-order valence-corrected chi connectivity index (χ0v) is 6.89. The van der Waals surface area contributed by atoms with Gasteiger partial charge >= 0.3 is 0 Å². The van der Waals surface area contributed by atoms with Crippen LogP contribution in [0.3, 0.4) is 0 Å². The molecular formula is C7H18N2O. The lowest BCUT2D eigenvalue weighted by molar-refractivity contribution is 0.0346. The van der Waals surface area contributed by atoms with Crippen molar-refractivity contribution in [2.75, 3.05) is 26.2 Å². The third-order valence-corrected chi connectivity index (χ3v) is 1.27. The maximum Gasteiger partial charge on any atom is 0.0822 e. The third-order valence-electron chi connectivity index (χ3n) is 1.27. The molecule has 0 saturated carbocycles. The molecule has 1 rings (SSSR count). The summed E-state index contributed by atoms with van der Waals surface area (Å²) in [7, 11) is 0. The summed E-state index contributed by atoms with van der Waals surface area (Å²) in [6, 6.07) is 0. The minimum atomic E-state index is 0.253. The van der Waals surface area contributed by atoms with E-state index in [1.165, 1.54) is 0 Å². The fraction of sp³-hybridized carbons (Fsp3) is 1.00. The monoisotopic (exact) mass is 146 g/mol. The molecule has 3 nitrogen and oxygen atoms in total. The lowest BCUT2D eigenvalue weighted by Crippen LogP contribution is -2.42. The fourth-order valence-corrected chi connectivity index (χ4v) is 0.771. The molecule has 1 aliphatic rings. The minimum absolute atomic E-state index is 0.253. The van der Waals surface area contributed by atoms with Gasteiger partial charge in [-0.05, 0) is 0 Å². The minimum Gasteiger partial charge on any atom is -0.374 e. The molecule has 0 aliphatic carbocycles. The van der Waals surface area contributed by atoms with Crippen LogP contribution >= 0.6 is 0 Å². The highest BCUT2D eigenvalue weighted by Crippen LogP contribution is 1.91. The van der Waals surface area contributed by atoms with Gasteiger partial charge in [0.25, 0.3) is 0 Å². The molecule has 62 valence electrons. The van der Waals surface area contributed by atoms with Crippen LogP contribution in [0.5, 0.6) is 0 Å². The van der Waals surface area contributed by atoms with Crippen molar-refractivity contribution in [3.63, 3.8) is 0 Å². The predicted molar refractivity (Wildman–Crippen MR) is 43.0 cm³/mol. The van der Waals surface area contributed by atoms with Gasteiger partial charge in [-0.3, -0.25) is 0 Å². The molecule has 1 saturated heterocycles. The highest BCUT2D eigenvalue weighted by molar-refractivity contribution is 4.66. The van der Waals surface area contributed by atoms with E-state index in [9.17, 15) is 0 Å². The van der Waals surface area contributed by atoms with Gasteiger partial charge in [0.05, 0.1) is 12.7 Å². The molecule has 3 N–H and O–H groups in total. The Kier molecular flexibility index (Phi) is 6.91. The first-order valence-corrected chi connectivity index (χ1v) is 3.96. The predicted octanol–water partition coefficient (Wildman–Crippen LogP) is -0.0403. The number of nitrogens with two attached hydrogens (primary N) is 1. The van der Waals surface area contributed by atoms with E-state index >= 15 is 0 Å². The molecule has 1 unspecified atom stereocenters. The molecule has 0 amide bonds. The average Bonchev–Trinajstić information content (AvgIpc) is 2.10. The molecule has 0 aromatic carbocycles. The maximum atomic E-state index is 5.34. The van der Waals surface area contributed by atoms with Crippen molar-refractivity contribution in [2.24, 2.45) is 5.73 Å². The highest BCUT2D eigenvalue weighted by atomic mass is 16.5. The van der Waals surface area contributed by atoms with E-state index in [2.05, 4.69) is 5.32 Å². The topological polar surface area (TPSA) is 47.3 Å². The van der Waals surface area contributed by atoms with Gasteiger partial charge in [0.2, 0.25) is 0 Å². The van der Waals surface area contributed by atoms with Gasteiger partial charge in [0.1, 0.15) is 0 Å². The van der Waals surface area contributed by atoms with Crippen LogP contribution in [0.15, 0.2) is 0 Å². The van der Waals surface area contributed by atoms with Crippen LogP contribution < -0.4 is 11.1 Å². The normalized spacial score (nSPS) is 24.9. The second-order valence-corrected chi connectivity index (χ2v) is 1.93. The van der Waals surface area contributed by atoms with Gasteiger partial charge in [-0.25, -0.2) is 0 Å². The molecule has 0 spiro atoms. The van der Waals surface area contributed by atoms with Crippen LogP contribution in [0.25, 0.3) is 0 Å². The van der Waals surface area contributed by atoms with Crippen molar-refractivity contribution >= 4 is 0 Å². The van der Waals surface area contributed by atoms with Crippen molar-refractivity contribution in [2.45, 2.75) is 20.0 Å². The van der Waals surface area contributed by atoms with Crippen LogP contribution in [0.4, 0.5) is 0 Å². The summed E-state index contributed by atoms with van der Waals surface area (Å²) in [5.41, 5.74) is 5.34. The first-order valence-electron chi connectivity index (χ1n) is 3.96. The SMILES string of the molecule is CC.NCC1CNCCO1. The highest BCUT2D eigenvalue weighted by Gasteiger charge is 2.09. The lowest BCUT2D eigenvalue weighted by atomic mass is 10.3. The third kappa shape index (κ3) is 3.82. The maximum absolute atomic E-state index is 5.34. The van der Waals surface area contributed by atoms with Gasteiger partial charge in [-0.1, -0.05) is 13.8 Å². The van der Waals surface area contributed by atoms with Crippen LogP contribution in [0.2, 0.25) is 0 Å². The summed E-state index contributed by atoms with van der Waals surface area (Å²) < 4.78 is 5.24. The molecular weight excluding hydrogens is 128 g/mol. The Labute approximate surface area is 62.9 Å². The molecule has 0 bridgehead atoms. The number of morpholine rings is 1. The average molecular weight is 146 g/mol. The van der Waals surface area contributed by atoms with Gasteiger partial charge in [0.15, 0.2) is 0 Å². The van der Waals surface area contributed by atoms with E-state index in [1.807, 2.05) is 13.8 Å². The van der Waals surface area contributed by atoms with E-state index in [0.717, 1.165) is 19.7 Å². The van der Waals surface area contributed by atoms with Crippen LogP contribution in [-0.4, -0.2) is 32.3 Å². The molecule has 0 aromatic heterocycles. The van der Waals surface area contributed by atoms with Crippen molar-refractivity contribution < 1.29 is 4.74 Å². The van der Waals surface area contributed by atoms with Crippen molar-refractivity contribution in [1.82, 2.24) is 5.32 Å². The summed E-state index contributed by atoms with van der Waals surface area (Å²) >= 11 is 0. The molecule has 0 aromatic rings. The van der Waals surface area contributed by atoms with Crippen molar-refractivity contribution in [3.8, 4) is 0 Å². The number of nitrogens with one attached hydrogen (secondary N) is 1. The second kappa shape index (κ2) is 6.99. The molecule has 1 fully saturated rings. The Morgan fingerprint density at radius 1 is 1.60 bits per heavy atom. The summed E-state index contributed by atoms with van der Waals surface area (Å²) in [5.74, 6) is 0. The molecule has 10 heavy (non-hydrogen) atoms. The Bertz CT molecular complexity index is 62.6. The smallest absolute Gasteiger partial charge is 0.0822 e. The van der Waals surface area contributed by atoms with Crippen LogP contribution in [0, 0.1) is 0 Å². The molecule has 1 heterocycles. The lowest BCUT2D eigenvalue weighted by Gasteiger charge is -2.21. The Hall–Kier alpha value is -0.120. The van der Waals surface area contributed by atoms with E-state index < -0.39 is 0 Å². The Morgan fingerprint density at radius 2 is 2.30 bits per heavy atom. The van der Waals surface area contributed by atoms with E-state index in [4.69, 9.17) is 10.5 Å². The van der Waals surface area contributed by atoms with Gasteiger partial charge in [0, 0.05) is 19.6 Å². The summed E-state index contributed by atoms with van der Waals surface area (Å²) in [6.45, 7) is 7.32. The second-order valence-electron chi connectivity index (χ2n) is 1.93. The number of rotatable bonds is 1. The Balaban J connectivity index is 0.000000371. The molecule has 0 radical (unpaired) electrons. The number of hydrogen-bond acceptors (Lipinski definition) is 3. The largest absolute Gasteiger partial charge is 0.374 e. The van der Waals surface area contributed by atoms with Crippen molar-refractivity contribution in [1.29, 1.82) is 0 Å². The number of ether oxygens (including phenoxy) is 1. The standard InChI is InChI=1S/C5H12N2O.C2H6/c6-3-5-4-7-1-2-8-5;1-2/h5,7H,1-4,6H2;1-2H3. The van der Waals surface area contributed by atoms with Gasteiger partial charge in [-0.15, -0.1) is 0 Å². The first-order chi connectivity index (χ1) is 4.93. The number of hydrogen-bond donors (Lipinski definition) is 2. The Morgan fingerprint density at radius 3 is 2.60 bits per heavy atom. The molecule has 1 atom stereocenters. The van der Waals surface area contributed by atoms with E-state index in [0.29, 0.717) is 6.54 Å². The van der Waals surface area contributed by atoms with E-state index in [-0.39, 0.29) is 6.10 Å². The van der Waals surface area contributed by atoms with E-state index in [1.54, 1.807) is 0 Å². The zero-order chi connectivity index (χ0) is 7.82. The van der Waals surface area contributed by atoms with Gasteiger partial charge < -0.3 is 15.8 Å². The summed E-state index contributed by atoms with van der Waals surface area (Å²) in [6.07, 6.45) is 0.253. The van der Waals surface area contributed by atoms with Crippen molar-refractivity contribution in [3.05, 3.63) is 0 Å².